The number of hydrogen-bond acceptors (Lipinski definition) is 5. The van der Waals surface area contributed by atoms with Crippen molar-refractivity contribution in [3.8, 4) is 0 Å². The lowest BCUT2D eigenvalue weighted by atomic mass is 9.91. The van der Waals surface area contributed by atoms with Crippen molar-refractivity contribution < 1.29 is 12.9 Å². The SMILES string of the molecule is Cc1nc(C2(NS(=O)(=O)c3ccccc3Cl)CCCCCC2)no1. The van der Waals surface area contributed by atoms with Gasteiger partial charge in [0.1, 0.15) is 4.90 Å². The normalized spacial score (nSPS) is 18.2. The smallest absolute Gasteiger partial charge is 0.242 e. The van der Waals surface area contributed by atoms with E-state index in [0.717, 1.165) is 25.7 Å². The molecule has 2 aromatic rings. The van der Waals surface area contributed by atoms with Crippen molar-refractivity contribution in [1.29, 1.82) is 0 Å². The summed E-state index contributed by atoms with van der Waals surface area (Å²) in [4.78, 5) is 4.38. The summed E-state index contributed by atoms with van der Waals surface area (Å²) < 4.78 is 33.8. The second-order valence-corrected chi connectivity index (χ2v) is 8.23. The topological polar surface area (TPSA) is 85.1 Å². The lowest BCUT2D eigenvalue weighted by Gasteiger charge is -2.30. The molecule has 24 heavy (non-hydrogen) atoms. The minimum atomic E-state index is -3.81. The summed E-state index contributed by atoms with van der Waals surface area (Å²) in [7, 11) is -3.81. The third kappa shape index (κ3) is 3.48. The molecule has 0 bridgehead atoms. The van der Waals surface area contributed by atoms with Gasteiger partial charge < -0.3 is 4.52 Å². The van der Waals surface area contributed by atoms with Gasteiger partial charge in [0.15, 0.2) is 5.82 Å². The van der Waals surface area contributed by atoms with Gasteiger partial charge >= 0.3 is 0 Å². The molecule has 6 nitrogen and oxygen atoms in total. The average Bonchev–Trinajstić information content (AvgIpc) is 2.84. The number of sulfonamides is 1. The largest absolute Gasteiger partial charge is 0.340 e. The highest BCUT2D eigenvalue weighted by Crippen LogP contribution is 2.36. The highest BCUT2D eigenvalue weighted by atomic mass is 35.5. The van der Waals surface area contributed by atoms with E-state index in [9.17, 15) is 8.42 Å². The second-order valence-electron chi connectivity index (χ2n) is 6.17. The third-order valence-corrected chi connectivity index (χ3v) is 6.40. The summed E-state index contributed by atoms with van der Waals surface area (Å²) in [5, 5.41) is 4.20. The molecule has 0 amide bonds. The molecule has 8 heteroatoms. The van der Waals surface area contributed by atoms with Gasteiger partial charge in [-0.2, -0.15) is 9.71 Å². The molecule has 0 atom stereocenters. The number of rotatable bonds is 4. The molecule has 130 valence electrons. The maximum atomic E-state index is 12.9. The Morgan fingerprint density at radius 2 is 1.83 bits per heavy atom. The van der Waals surface area contributed by atoms with Crippen LogP contribution in [0.5, 0.6) is 0 Å². The van der Waals surface area contributed by atoms with Crippen molar-refractivity contribution in [2.75, 3.05) is 0 Å². The first-order chi connectivity index (χ1) is 11.4. The first kappa shape index (κ1) is 17.4. The van der Waals surface area contributed by atoms with Crippen LogP contribution in [0.2, 0.25) is 5.02 Å². The van der Waals surface area contributed by atoms with Crippen LogP contribution < -0.4 is 4.72 Å². The number of benzene rings is 1. The second kappa shape index (κ2) is 6.82. The molecule has 0 saturated heterocycles. The zero-order valence-electron chi connectivity index (χ0n) is 13.5. The highest BCUT2D eigenvalue weighted by molar-refractivity contribution is 7.89. The molecule has 1 aliphatic carbocycles. The van der Waals surface area contributed by atoms with Crippen LogP contribution in [0, 0.1) is 6.92 Å². The zero-order valence-corrected chi connectivity index (χ0v) is 15.0. The molecule has 1 N–H and O–H groups in total. The summed E-state index contributed by atoms with van der Waals surface area (Å²) in [6.45, 7) is 1.70. The summed E-state index contributed by atoms with van der Waals surface area (Å²) in [5.41, 5.74) is -0.855. The van der Waals surface area contributed by atoms with E-state index in [0.29, 0.717) is 24.6 Å². The number of nitrogens with one attached hydrogen (secondary N) is 1. The molecule has 1 heterocycles. The van der Waals surface area contributed by atoms with E-state index in [1.807, 2.05) is 0 Å². The summed E-state index contributed by atoms with van der Waals surface area (Å²) >= 11 is 6.09. The van der Waals surface area contributed by atoms with Crippen LogP contribution in [0.1, 0.15) is 50.2 Å². The maximum Gasteiger partial charge on any atom is 0.242 e. The third-order valence-electron chi connectivity index (χ3n) is 4.37. The fraction of sp³-hybridized carbons (Fsp3) is 0.500. The van der Waals surface area contributed by atoms with Gasteiger partial charge in [0, 0.05) is 6.92 Å². The van der Waals surface area contributed by atoms with Gasteiger partial charge in [0.05, 0.1) is 10.6 Å². The van der Waals surface area contributed by atoms with E-state index in [1.165, 1.54) is 6.07 Å². The first-order valence-electron chi connectivity index (χ1n) is 8.02. The van der Waals surface area contributed by atoms with E-state index >= 15 is 0 Å². The fourth-order valence-electron chi connectivity index (χ4n) is 3.17. The maximum absolute atomic E-state index is 12.9. The molecule has 1 aromatic carbocycles. The van der Waals surface area contributed by atoms with Gasteiger partial charge in [-0.05, 0) is 25.0 Å². The Morgan fingerprint density at radius 1 is 1.17 bits per heavy atom. The minimum absolute atomic E-state index is 0.0653. The Balaban J connectivity index is 2.02. The van der Waals surface area contributed by atoms with Gasteiger partial charge in [0.2, 0.25) is 15.9 Å². The molecule has 0 radical (unpaired) electrons. The fourth-order valence-corrected chi connectivity index (χ4v) is 5.11. The minimum Gasteiger partial charge on any atom is -0.340 e. The van der Waals surface area contributed by atoms with Gasteiger partial charge in [-0.15, -0.1) is 0 Å². The molecule has 1 saturated carbocycles. The van der Waals surface area contributed by atoms with Crippen LogP contribution in [0.4, 0.5) is 0 Å². The highest BCUT2D eigenvalue weighted by Gasteiger charge is 2.41. The molecule has 0 spiro atoms. The number of aryl methyl sites for hydroxylation is 1. The van der Waals surface area contributed by atoms with Crippen LogP contribution in [-0.2, 0) is 15.6 Å². The quantitative estimate of drug-likeness (QED) is 0.833. The molecule has 1 aromatic heterocycles. The van der Waals surface area contributed by atoms with Gasteiger partial charge in [-0.3, -0.25) is 0 Å². The lowest BCUT2D eigenvalue weighted by Crippen LogP contribution is -2.46. The van der Waals surface area contributed by atoms with Crippen molar-refractivity contribution in [2.45, 2.75) is 55.9 Å². The molecule has 0 unspecified atom stereocenters. The predicted molar refractivity (Wildman–Crippen MR) is 90.2 cm³/mol. The van der Waals surface area contributed by atoms with E-state index < -0.39 is 15.6 Å². The average molecular weight is 370 g/mol. The van der Waals surface area contributed by atoms with E-state index in [-0.39, 0.29) is 9.92 Å². The molecular weight excluding hydrogens is 350 g/mol. The van der Waals surface area contributed by atoms with E-state index in [4.69, 9.17) is 16.1 Å². The van der Waals surface area contributed by atoms with Crippen LogP contribution in [0.3, 0.4) is 0 Å². The van der Waals surface area contributed by atoms with Crippen LogP contribution in [0.25, 0.3) is 0 Å². The Morgan fingerprint density at radius 3 is 2.42 bits per heavy atom. The summed E-state index contributed by atoms with van der Waals surface area (Å²) in [6.07, 6.45) is 5.20. The van der Waals surface area contributed by atoms with Crippen molar-refractivity contribution in [3.63, 3.8) is 0 Å². The molecule has 0 aliphatic heterocycles. The Labute approximate surface area is 146 Å². The summed E-state index contributed by atoms with van der Waals surface area (Å²) in [6, 6.07) is 6.41. The van der Waals surface area contributed by atoms with E-state index in [2.05, 4.69) is 14.9 Å². The Bertz CT molecular complexity index is 811. The van der Waals surface area contributed by atoms with Gasteiger partial charge in [-0.1, -0.05) is 54.6 Å². The van der Waals surface area contributed by atoms with Crippen molar-refractivity contribution >= 4 is 21.6 Å². The molecule has 1 aliphatic rings. The first-order valence-corrected chi connectivity index (χ1v) is 9.88. The summed E-state index contributed by atoms with van der Waals surface area (Å²) in [5.74, 6) is 0.822. The Hall–Kier alpha value is -1.44. The van der Waals surface area contributed by atoms with Crippen molar-refractivity contribution in [3.05, 3.63) is 41.0 Å². The monoisotopic (exact) mass is 369 g/mol. The van der Waals surface area contributed by atoms with Gasteiger partial charge in [-0.25, -0.2) is 8.42 Å². The van der Waals surface area contributed by atoms with Crippen LogP contribution in [-0.4, -0.2) is 18.6 Å². The predicted octanol–water partition coefficient (Wildman–Crippen LogP) is 3.56. The lowest BCUT2D eigenvalue weighted by molar-refractivity contribution is 0.301. The standard InChI is InChI=1S/C16H20ClN3O3S/c1-12-18-15(19-23-12)16(10-6-2-3-7-11-16)20-24(21,22)14-9-5-4-8-13(14)17/h4-5,8-9,20H,2-3,6-7,10-11H2,1H3. The van der Waals surface area contributed by atoms with Crippen LogP contribution in [0.15, 0.2) is 33.7 Å². The number of nitrogens with zero attached hydrogens (tertiary/aromatic N) is 2. The molecule has 1 fully saturated rings. The van der Waals surface area contributed by atoms with Crippen molar-refractivity contribution in [2.24, 2.45) is 0 Å². The number of hydrogen-bond donors (Lipinski definition) is 1. The zero-order chi connectivity index (χ0) is 17.2. The number of halogens is 1. The molecule has 3 rings (SSSR count). The van der Waals surface area contributed by atoms with Gasteiger partial charge in [0.25, 0.3) is 0 Å². The van der Waals surface area contributed by atoms with Crippen molar-refractivity contribution in [1.82, 2.24) is 14.9 Å². The Kier molecular flexibility index (Phi) is 4.94. The number of aromatic nitrogens is 2. The van der Waals surface area contributed by atoms with Crippen LogP contribution >= 0.6 is 11.6 Å². The molecular formula is C16H20ClN3O3S. The van der Waals surface area contributed by atoms with E-state index in [1.54, 1.807) is 25.1 Å².